The Labute approximate surface area is 146 Å². The molecule has 0 bridgehead atoms. The van der Waals surface area contributed by atoms with Crippen molar-refractivity contribution >= 4 is 17.4 Å². The molecule has 0 spiro atoms. The highest BCUT2D eigenvalue weighted by Gasteiger charge is 2.15. The van der Waals surface area contributed by atoms with E-state index in [0.717, 1.165) is 42.9 Å². The van der Waals surface area contributed by atoms with Gasteiger partial charge in [-0.15, -0.1) is 0 Å². The number of piperazine rings is 1. The van der Waals surface area contributed by atoms with Gasteiger partial charge in [0.15, 0.2) is 0 Å². The van der Waals surface area contributed by atoms with Gasteiger partial charge in [0.05, 0.1) is 6.04 Å². The lowest BCUT2D eigenvalue weighted by atomic mass is 10.2. The molecule has 2 heterocycles. The van der Waals surface area contributed by atoms with Crippen LogP contribution in [0.15, 0.2) is 35.4 Å². The van der Waals surface area contributed by atoms with E-state index in [0.29, 0.717) is 5.69 Å². The molecule has 8 heteroatoms. The van der Waals surface area contributed by atoms with Crippen molar-refractivity contribution < 1.29 is 4.79 Å². The Balaban J connectivity index is 1.69. The summed E-state index contributed by atoms with van der Waals surface area (Å²) in [5.41, 5.74) is 1.35. The van der Waals surface area contributed by atoms with E-state index < -0.39 is 11.7 Å². The summed E-state index contributed by atoms with van der Waals surface area (Å²) in [4.78, 5) is 26.9. The summed E-state index contributed by atoms with van der Waals surface area (Å²) in [7, 11) is 0. The largest absolute Gasteiger partial charge is 0.369 e. The van der Waals surface area contributed by atoms with Gasteiger partial charge in [-0.2, -0.15) is 9.67 Å². The molecule has 2 N–H and O–H groups in total. The Morgan fingerprint density at radius 2 is 1.96 bits per heavy atom. The number of carbonyl (C=O) groups is 1. The van der Waals surface area contributed by atoms with Crippen LogP contribution in [0.25, 0.3) is 0 Å². The molecule has 1 atom stereocenters. The summed E-state index contributed by atoms with van der Waals surface area (Å²) in [5.74, 6) is 0. The first-order chi connectivity index (χ1) is 12.1. The zero-order valence-corrected chi connectivity index (χ0v) is 14.6. The van der Waals surface area contributed by atoms with Crippen molar-refractivity contribution in [3.63, 3.8) is 0 Å². The third kappa shape index (κ3) is 3.74. The lowest BCUT2D eigenvalue weighted by Gasteiger charge is -2.29. The van der Waals surface area contributed by atoms with Crippen molar-refractivity contribution in [2.75, 3.05) is 36.4 Å². The smallest absolute Gasteiger partial charge is 0.354 e. The van der Waals surface area contributed by atoms with E-state index in [1.165, 1.54) is 11.0 Å². The number of aromatic nitrogens is 3. The quantitative estimate of drug-likeness (QED) is 0.878. The first-order valence-electron chi connectivity index (χ1n) is 8.63. The monoisotopic (exact) mass is 344 g/mol. The van der Waals surface area contributed by atoms with Crippen LogP contribution in [0.1, 0.15) is 26.3 Å². The maximum Gasteiger partial charge on any atom is 0.354 e. The highest BCUT2D eigenvalue weighted by Crippen LogP contribution is 2.18. The van der Waals surface area contributed by atoms with Crippen LogP contribution in [-0.4, -0.2) is 46.6 Å². The number of hydrogen-bond acceptors (Lipinski definition) is 5. The molecular weight excluding hydrogens is 320 g/mol. The van der Waals surface area contributed by atoms with Crippen molar-refractivity contribution in [1.29, 1.82) is 0 Å². The van der Waals surface area contributed by atoms with Crippen molar-refractivity contribution in [2.45, 2.75) is 26.3 Å². The van der Waals surface area contributed by atoms with Crippen LogP contribution in [0, 0.1) is 0 Å². The first kappa shape index (κ1) is 17.2. The van der Waals surface area contributed by atoms with Crippen LogP contribution >= 0.6 is 0 Å². The van der Waals surface area contributed by atoms with Crippen LogP contribution in [0.4, 0.5) is 16.2 Å². The van der Waals surface area contributed by atoms with Gasteiger partial charge >= 0.3 is 11.7 Å². The number of rotatable bonds is 4. The summed E-state index contributed by atoms with van der Waals surface area (Å²) in [6.07, 6.45) is 2.03. The Kier molecular flexibility index (Phi) is 5.18. The van der Waals surface area contributed by atoms with Gasteiger partial charge in [0.1, 0.15) is 6.33 Å². The number of anilines is 2. The summed E-state index contributed by atoms with van der Waals surface area (Å²) in [6.45, 7) is 7.75. The SMILES string of the molecule is CCC(C)n1ncn(C(=O)Nc2ccc(N3CCNCC3)cc2)c1=O. The van der Waals surface area contributed by atoms with Crippen molar-refractivity contribution in [2.24, 2.45) is 0 Å². The van der Waals surface area contributed by atoms with Gasteiger partial charge in [-0.05, 0) is 37.6 Å². The van der Waals surface area contributed by atoms with Crippen LogP contribution in [0.5, 0.6) is 0 Å². The van der Waals surface area contributed by atoms with E-state index in [4.69, 9.17) is 0 Å². The zero-order valence-electron chi connectivity index (χ0n) is 14.6. The minimum absolute atomic E-state index is 0.0418. The molecule has 25 heavy (non-hydrogen) atoms. The summed E-state index contributed by atoms with van der Waals surface area (Å²) < 4.78 is 2.32. The molecule has 0 aliphatic carbocycles. The summed E-state index contributed by atoms with van der Waals surface area (Å²) in [5, 5.41) is 10.1. The normalized spacial score (nSPS) is 15.8. The second-order valence-electron chi connectivity index (χ2n) is 6.20. The second kappa shape index (κ2) is 7.52. The predicted octanol–water partition coefficient (Wildman–Crippen LogP) is 1.51. The molecule has 1 aliphatic heterocycles. The van der Waals surface area contributed by atoms with E-state index in [-0.39, 0.29) is 6.04 Å². The summed E-state index contributed by atoms with van der Waals surface area (Å²) >= 11 is 0. The van der Waals surface area contributed by atoms with E-state index >= 15 is 0 Å². The Hall–Kier alpha value is -2.61. The van der Waals surface area contributed by atoms with Gasteiger partial charge in [-0.1, -0.05) is 6.92 Å². The van der Waals surface area contributed by atoms with Gasteiger partial charge in [0.25, 0.3) is 0 Å². The molecule has 0 saturated carbocycles. The van der Waals surface area contributed by atoms with E-state index in [1.807, 2.05) is 38.1 Å². The third-order valence-corrected chi connectivity index (χ3v) is 4.52. The van der Waals surface area contributed by atoms with Crippen LogP contribution < -0.4 is 21.2 Å². The molecule has 1 fully saturated rings. The van der Waals surface area contributed by atoms with Gasteiger partial charge < -0.3 is 15.5 Å². The van der Waals surface area contributed by atoms with Crippen molar-refractivity contribution in [1.82, 2.24) is 19.7 Å². The summed E-state index contributed by atoms with van der Waals surface area (Å²) in [6, 6.07) is 7.10. The lowest BCUT2D eigenvalue weighted by molar-refractivity contribution is 0.252. The molecule has 3 rings (SSSR count). The topological polar surface area (TPSA) is 84.2 Å². The van der Waals surface area contributed by atoms with Crippen LogP contribution in [0.3, 0.4) is 0 Å². The molecule has 1 aromatic carbocycles. The lowest BCUT2D eigenvalue weighted by Crippen LogP contribution is -2.43. The maximum atomic E-state index is 12.3. The molecule has 1 amide bonds. The molecular formula is C17H24N6O2. The van der Waals surface area contributed by atoms with E-state index in [9.17, 15) is 9.59 Å². The third-order valence-electron chi connectivity index (χ3n) is 4.52. The maximum absolute atomic E-state index is 12.3. The van der Waals surface area contributed by atoms with Crippen LogP contribution in [-0.2, 0) is 0 Å². The van der Waals surface area contributed by atoms with Crippen molar-refractivity contribution in [3.05, 3.63) is 41.1 Å². The fourth-order valence-corrected chi connectivity index (χ4v) is 2.79. The second-order valence-corrected chi connectivity index (χ2v) is 6.20. The van der Waals surface area contributed by atoms with Gasteiger partial charge in [0, 0.05) is 37.6 Å². The molecule has 2 aromatic rings. The average molecular weight is 344 g/mol. The van der Waals surface area contributed by atoms with E-state index in [1.54, 1.807) is 0 Å². The highest BCUT2D eigenvalue weighted by molar-refractivity contribution is 5.90. The van der Waals surface area contributed by atoms with Crippen LogP contribution in [0.2, 0.25) is 0 Å². The van der Waals surface area contributed by atoms with Gasteiger partial charge in [0.2, 0.25) is 0 Å². The first-order valence-corrected chi connectivity index (χ1v) is 8.63. The predicted molar refractivity (Wildman–Crippen MR) is 97.4 cm³/mol. The van der Waals surface area contributed by atoms with Gasteiger partial charge in [-0.3, -0.25) is 0 Å². The number of nitrogens with one attached hydrogen (secondary N) is 2. The molecule has 1 aromatic heterocycles. The molecule has 1 saturated heterocycles. The zero-order chi connectivity index (χ0) is 17.8. The molecule has 1 aliphatic rings. The number of benzene rings is 1. The highest BCUT2D eigenvalue weighted by atomic mass is 16.2. The number of hydrogen-bond donors (Lipinski definition) is 2. The molecule has 8 nitrogen and oxygen atoms in total. The number of carbonyl (C=O) groups excluding carboxylic acids is 1. The molecule has 134 valence electrons. The van der Waals surface area contributed by atoms with Gasteiger partial charge in [-0.25, -0.2) is 14.3 Å². The molecule has 1 unspecified atom stereocenters. The molecule has 0 radical (unpaired) electrons. The Bertz CT molecular complexity index is 773. The van der Waals surface area contributed by atoms with Crippen molar-refractivity contribution in [3.8, 4) is 0 Å². The fourth-order valence-electron chi connectivity index (χ4n) is 2.79. The van der Waals surface area contributed by atoms with E-state index in [2.05, 4.69) is 20.6 Å². The standard InChI is InChI=1S/C17H24N6O2/c1-3-13(2)23-17(25)22(12-19-23)16(24)20-14-4-6-15(7-5-14)21-10-8-18-9-11-21/h4-7,12-13,18H,3,8-11H2,1-2H3,(H,20,24). The minimum Gasteiger partial charge on any atom is -0.369 e. The Morgan fingerprint density at radius 3 is 2.60 bits per heavy atom. The number of nitrogens with zero attached hydrogens (tertiary/aromatic N) is 4. The Morgan fingerprint density at radius 1 is 1.28 bits per heavy atom. The number of amides is 1. The fraction of sp³-hybridized carbons (Fsp3) is 0.471. The minimum atomic E-state index is -0.505. The average Bonchev–Trinajstić information content (AvgIpc) is 3.04.